The van der Waals surface area contributed by atoms with E-state index in [9.17, 15) is 0 Å². The molecule has 2 rings (SSSR count). The summed E-state index contributed by atoms with van der Waals surface area (Å²) in [5.74, 6) is 1.75. The Morgan fingerprint density at radius 1 is 1.21 bits per heavy atom. The van der Waals surface area contributed by atoms with Crippen molar-refractivity contribution in [3.05, 3.63) is 52.5 Å². The van der Waals surface area contributed by atoms with Crippen LogP contribution in [0.5, 0.6) is 5.75 Å². The molecule has 2 nitrogen and oxygen atoms in total. The third kappa shape index (κ3) is 3.91. The quantitative estimate of drug-likeness (QED) is 0.633. The van der Waals surface area contributed by atoms with Crippen molar-refractivity contribution in [1.29, 1.82) is 0 Å². The largest absolute Gasteiger partial charge is 0.494 e. The van der Waals surface area contributed by atoms with Crippen molar-refractivity contribution >= 4 is 33.4 Å². The summed E-state index contributed by atoms with van der Waals surface area (Å²) in [6, 6.07) is 14.0. The second kappa shape index (κ2) is 6.87. The molecule has 2 N–H and O–H groups in total. The number of ether oxygens (including phenoxy) is 1. The van der Waals surface area contributed by atoms with Gasteiger partial charge >= 0.3 is 0 Å². The first-order valence-corrected chi connectivity index (χ1v) is 7.87. The summed E-state index contributed by atoms with van der Waals surface area (Å²) in [6.45, 7) is 2.65. The van der Waals surface area contributed by atoms with Gasteiger partial charge in [-0.15, -0.1) is 11.8 Å². The maximum absolute atomic E-state index is 5.85. The summed E-state index contributed by atoms with van der Waals surface area (Å²) in [5.41, 5.74) is 7.75. The first kappa shape index (κ1) is 14.3. The van der Waals surface area contributed by atoms with Crippen LogP contribution in [0.4, 0.5) is 5.69 Å². The van der Waals surface area contributed by atoms with Gasteiger partial charge in [0.2, 0.25) is 0 Å². The minimum atomic E-state index is 0.663. The van der Waals surface area contributed by atoms with Gasteiger partial charge in [-0.1, -0.05) is 12.1 Å². The van der Waals surface area contributed by atoms with Gasteiger partial charge in [-0.25, -0.2) is 0 Å². The zero-order valence-electron chi connectivity index (χ0n) is 10.7. The second-order valence-corrected chi connectivity index (χ2v) is 5.89. The van der Waals surface area contributed by atoms with Crippen LogP contribution in [0, 0.1) is 0 Å². The highest BCUT2D eigenvalue weighted by molar-refractivity contribution is 9.10. The Labute approximate surface area is 126 Å². The standard InChI is InChI=1S/C15H16BrNOS/c1-2-18-14-8-7-12(17)9-11(14)10-19-15-6-4-3-5-13(15)16/h3-9H,2,10,17H2,1H3. The first-order valence-electron chi connectivity index (χ1n) is 6.09. The van der Waals surface area contributed by atoms with Crippen molar-refractivity contribution in [3.63, 3.8) is 0 Å². The van der Waals surface area contributed by atoms with Crippen LogP contribution in [0.1, 0.15) is 12.5 Å². The number of anilines is 1. The van der Waals surface area contributed by atoms with Crippen molar-refractivity contribution in [2.24, 2.45) is 0 Å². The Morgan fingerprint density at radius 3 is 2.74 bits per heavy atom. The fourth-order valence-electron chi connectivity index (χ4n) is 1.73. The van der Waals surface area contributed by atoms with Crippen molar-refractivity contribution < 1.29 is 4.74 Å². The zero-order valence-corrected chi connectivity index (χ0v) is 13.1. The van der Waals surface area contributed by atoms with Crippen LogP contribution in [-0.4, -0.2) is 6.61 Å². The Balaban J connectivity index is 2.14. The molecule has 0 radical (unpaired) electrons. The minimum Gasteiger partial charge on any atom is -0.494 e. The maximum Gasteiger partial charge on any atom is 0.123 e. The number of halogens is 1. The average molecular weight is 338 g/mol. The third-order valence-electron chi connectivity index (χ3n) is 2.60. The van der Waals surface area contributed by atoms with Gasteiger partial charge in [0.05, 0.1) is 6.61 Å². The van der Waals surface area contributed by atoms with Crippen LogP contribution in [0.15, 0.2) is 51.8 Å². The van der Waals surface area contributed by atoms with Crippen LogP contribution in [0.2, 0.25) is 0 Å². The summed E-state index contributed by atoms with van der Waals surface area (Å²) >= 11 is 5.32. The molecule has 0 bridgehead atoms. The Bertz CT molecular complexity index is 560. The monoisotopic (exact) mass is 337 g/mol. The van der Waals surface area contributed by atoms with Crippen LogP contribution >= 0.6 is 27.7 Å². The SMILES string of the molecule is CCOc1ccc(N)cc1CSc1ccccc1Br. The number of hydrogen-bond donors (Lipinski definition) is 1. The summed E-state index contributed by atoms with van der Waals surface area (Å²) in [5, 5.41) is 0. The van der Waals surface area contributed by atoms with Gasteiger partial charge in [0, 0.05) is 26.4 Å². The molecular weight excluding hydrogens is 322 g/mol. The number of nitrogen functional groups attached to an aromatic ring is 1. The van der Waals surface area contributed by atoms with E-state index in [4.69, 9.17) is 10.5 Å². The van der Waals surface area contributed by atoms with Gasteiger partial charge in [-0.2, -0.15) is 0 Å². The smallest absolute Gasteiger partial charge is 0.123 e. The number of rotatable bonds is 5. The summed E-state index contributed by atoms with van der Waals surface area (Å²) in [4.78, 5) is 1.22. The third-order valence-corrected chi connectivity index (χ3v) is 4.68. The van der Waals surface area contributed by atoms with Crippen LogP contribution in [-0.2, 0) is 5.75 Å². The van der Waals surface area contributed by atoms with Gasteiger partial charge in [-0.05, 0) is 53.2 Å². The number of benzene rings is 2. The van der Waals surface area contributed by atoms with Gasteiger partial charge in [-0.3, -0.25) is 0 Å². The highest BCUT2D eigenvalue weighted by Crippen LogP contribution is 2.33. The van der Waals surface area contributed by atoms with Crippen molar-refractivity contribution in [2.45, 2.75) is 17.6 Å². The van der Waals surface area contributed by atoms with E-state index in [-0.39, 0.29) is 0 Å². The van der Waals surface area contributed by atoms with E-state index in [1.807, 2.05) is 43.3 Å². The summed E-state index contributed by atoms with van der Waals surface area (Å²) in [7, 11) is 0. The van der Waals surface area contributed by atoms with Crippen molar-refractivity contribution in [1.82, 2.24) is 0 Å². The highest BCUT2D eigenvalue weighted by atomic mass is 79.9. The van der Waals surface area contributed by atoms with E-state index in [1.165, 1.54) is 4.90 Å². The van der Waals surface area contributed by atoms with Crippen molar-refractivity contribution in [3.8, 4) is 5.75 Å². The molecule has 0 aliphatic heterocycles. The molecule has 2 aromatic carbocycles. The highest BCUT2D eigenvalue weighted by Gasteiger charge is 2.06. The number of hydrogen-bond acceptors (Lipinski definition) is 3. The molecule has 0 fully saturated rings. The molecule has 0 aliphatic carbocycles. The molecule has 0 unspecified atom stereocenters. The average Bonchev–Trinajstić information content (AvgIpc) is 2.41. The van der Waals surface area contributed by atoms with Gasteiger partial charge in [0.15, 0.2) is 0 Å². The Morgan fingerprint density at radius 2 is 2.00 bits per heavy atom. The maximum atomic E-state index is 5.85. The minimum absolute atomic E-state index is 0.663. The molecule has 0 amide bonds. The molecule has 0 aliphatic rings. The molecular formula is C15H16BrNOS. The van der Waals surface area contributed by atoms with E-state index in [1.54, 1.807) is 11.8 Å². The number of thioether (sulfide) groups is 1. The molecule has 0 saturated carbocycles. The molecule has 2 aromatic rings. The van der Waals surface area contributed by atoms with E-state index >= 15 is 0 Å². The van der Waals surface area contributed by atoms with Crippen molar-refractivity contribution in [2.75, 3.05) is 12.3 Å². The first-order chi connectivity index (χ1) is 9.20. The molecule has 4 heteroatoms. The molecule has 0 atom stereocenters. The fourth-order valence-corrected chi connectivity index (χ4v) is 3.27. The lowest BCUT2D eigenvalue weighted by Gasteiger charge is -2.11. The van der Waals surface area contributed by atoms with Crippen LogP contribution < -0.4 is 10.5 Å². The van der Waals surface area contributed by atoms with E-state index < -0.39 is 0 Å². The van der Waals surface area contributed by atoms with Gasteiger partial charge in [0.1, 0.15) is 5.75 Å². The van der Waals surface area contributed by atoms with Crippen LogP contribution in [0.25, 0.3) is 0 Å². The summed E-state index contributed by atoms with van der Waals surface area (Å²) in [6.07, 6.45) is 0. The molecule has 0 heterocycles. The Kier molecular flexibility index (Phi) is 5.16. The predicted molar refractivity (Wildman–Crippen MR) is 85.7 cm³/mol. The predicted octanol–water partition coefficient (Wildman–Crippen LogP) is 4.72. The molecule has 100 valence electrons. The van der Waals surface area contributed by atoms with Gasteiger partial charge < -0.3 is 10.5 Å². The zero-order chi connectivity index (χ0) is 13.7. The molecule has 0 saturated heterocycles. The lowest BCUT2D eigenvalue weighted by Crippen LogP contribution is -1.97. The molecule has 19 heavy (non-hydrogen) atoms. The molecule has 0 spiro atoms. The lowest BCUT2D eigenvalue weighted by atomic mass is 10.2. The number of nitrogens with two attached hydrogens (primary N) is 1. The van der Waals surface area contributed by atoms with E-state index in [2.05, 4.69) is 22.0 Å². The Hall–Kier alpha value is -1.13. The second-order valence-electron chi connectivity index (χ2n) is 4.02. The topological polar surface area (TPSA) is 35.2 Å². The van der Waals surface area contributed by atoms with Crippen LogP contribution in [0.3, 0.4) is 0 Å². The molecule has 0 aromatic heterocycles. The van der Waals surface area contributed by atoms with E-state index in [0.29, 0.717) is 6.61 Å². The normalized spacial score (nSPS) is 10.4. The fraction of sp³-hybridized carbons (Fsp3) is 0.200. The lowest BCUT2D eigenvalue weighted by molar-refractivity contribution is 0.337. The summed E-state index contributed by atoms with van der Waals surface area (Å²) < 4.78 is 6.74. The van der Waals surface area contributed by atoms with Gasteiger partial charge in [0.25, 0.3) is 0 Å². The van der Waals surface area contributed by atoms with E-state index in [0.717, 1.165) is 27.2 Å².